The third-order valence-corrected chi connectivity index (χ3v) is 5.80. The first-order valence-corrected chi connectivity index (χ1v) is 11.5. The number of hydrogen-bond donors (Lipinski definition) is 1. The molecular weight excluding hydrogens is 438 g/mol. The number of methoxy groups -OCH3 is 1. The van der Waals surface area contributed by atoms with Crippen molar-refractivity contribution in [3.05, 3.63) is 70.6 Å². The summed E-state index contributed by atoms with van der Waals surface area (Å²) in [6.45, 7) is 6.35. The molecule has 3 aromatic rings. The minimum atomic E-state index is -0.462. The second-order valence-corrected chi connectivity index (χ2v) is 8.21. The number of ether oxygens (including phenoxy) is 3. The van der Waals surface area contributed by atoms with Gasteiger partial charge in [0.1, 0.15) is 10.6 Å². The number of carbonyl (C=O) groups is 2. The molecule has 1 amide bonds. The fourth-order valence-corrected chi connectivity index (χ4v) is 4.44. The number of esters is 1. The molecule has 0 bridgehead atoms. The van der Waals surface area contributed by atoms with Crippen LogP contribution in [0, 0.1) is 6.92 Å². The molecule has 0 aliphatic rings. The predicted molar refractivity (Wildman–Crippen MR) is 132 cm³/mol. The molecule has 0 aliphatic heterocycles. The van der Waals surface area contributed by atoms with E-state index >= 15 is 0 Å². The van der Waals surface area contributed by atoms with Gasteiger partial charge in [0.2, 0.25) is 5.91 Å². The van der Waals surface area contributed by atoms with Gasteiger partial charge in [0.05, 0.1) is 20.3 Å². The van der Waals surface area contributed by atoms with E-state index < -0.39 is 5.97 Å². The Morgan fingerprint density at radius 1 is 1.03 bits per heavy atom. The Morgan fingerprint density at radius 3 is 2.45 bits per heavy atom. The first-order valence-electron chi connectivity index (χ1n) is 10.6. The maximum Gasteiger partial charge on any atom is 0.341 e. The number of anilines is 1. The van der Waals surface area contributed by atoms with Gasteiger partial charge in [0.15, 0.2) is 11.5 Å². The molecule has 6 nitrogen and oxygen atoms in total. The van der Waals surface area contributed by atoms with E-state index in [0.29, 0.717) is 28.7 Å². The quantitative estimate of drug-likeness (QED) is 0.312. The molecule has 2 aromatic carbocycles. The number of rotatable bonds is 9. The predicted octanol–water partition coefficient (Wildman–Crippen LogP) is 5.96. The zero-order chi connectivity index (χ0) is 23.8. The lowest BCUT2D eigenvalue weighted by atomic mass is 10.0. The van der Waals surface area contributed by atoms with E-state index in [9.17, 15) is 9.59 Å². The molecule has 33 heavy (non-hydrogen) atoms. The summed E-state index contributed by atoms with van der Waals surface area (Å²) in [7, 11) is 1.57. The normalized spacial score (nSPS) is 10.8. The molecule has 0 unspecified atom stereocenters. The third-order valence-electron chi connectivity index (χ3n) is 4.78. The molecule has 1 aromatic heterocycles. The van der Waals surface area contributed by atoms with E-state index in [4.69, 9.17) is 14.2 Å². The molecule has 0 aliphatic carbocycles. The van der Waals surface area contributed by atoms with E-state index in [-0.39, 0.29) is 12.5 Å². The Morgan fingerprint density at radius 2 is 1.79 bits per heavy atom. The molecule has 0 saturated carbocycles. The second-order valence-electron chi connectivity index (χ2n) is 6.99. The highest BCUT2D eigenvalue weighted by atomic mass is 32.1. The summed E-state index contributed by atoms with van der Waals surface area (Å²) in [5.41, 5.74) is 2.82. The van der Waals surface area contributed by atoms with Crippen molar-refractivity contribution < 1.29 is 23.8 Å². The van der Waals surface area contributed by atoms with Crippen LogP contribution in [0.3, 0.4) is 0 Å². The number of carbonyl (C=O) groups excluding carboxylic acids is 2. The van der Waals surface area contributed by atoms with E-state index in [1.165, 1.54) is 17.4 Å². The monoisotopic (exact) mass is 465 g/mol. The summed E-state index contributed by atoms with van der Waals surface area (Å²) in [5.74, 6) is 0.416. The van der Waals surface area contributed by atoms with Gasteiger partial charge in [-0.15, -0.1) is 11.3 Å². The number of aryl methyl sites for hydroxylation is 1. The van der Waals surface area contributed by atoms with Crippen molar-refractivity contribution >= 4 is 34.3 Å². The van der Waals surface area contributed by atoms with E-state index in [2.05, 4.69) is 5.32 Å². The van der Waals surface area contributed by atoms with E-state index in [0.717, 1.165) is 21.6 Å². The molecule has 1 heterocycles. The molecule has 0 fully saturated rings. The lowest BCUT2D eigenvalue weighted by Gasteiger charge is -2.09. The van der Waals surface area contributed by atoms with Crippen LogP contribution in [0.5, 0.6) is 11.5 Å². The first-order chi connectivity index (χ1) is 16.0. The summed E-state index contributed by atoms with van der Waals surface area (Å²) in [5, 5.41) is 3.31. The van der Waals surface area contributed by atoms with Crippen LogP contribution in [0.2, 0.25) is 0 Å². The molecule has 3 rings (SSSR count). The van der Waals surface area contributed by atoms with Gasteiger partial charge in [-0.25, -0.2) is 4.79 Å². The maximum absolute atomic E-state index is 12.8. The highest BCUT2D eigenvalue weighted by Crippen LogP contribution is 2.40. The van der Waals surface area contributed by atoms with Crippen LogP contribution in [-0.4, -0.2) is 32.2 Å². The molecule has 0 radical (unpaired) electrons. The van der Waals surface area contributed by atoms with Crippen LogP contribution < -0.4 is 14.8 Å². The van der Waals surface area contributed by atoms with Crippen LogP contribution in [0.25, 0.3) is 17.2 Å². The fraction of sp³-hybridized carbons (Fsp3) is 0.231. The maximum atomic E-state index is 12.8. The minimum Gasteiger partial charge on any atom is -0.493 e. The first kappa shape index (κ1) is 24.1. The zero-order valence-corrected chi connectivity index (χ0v) is 20.0. The Labute approximate surface area is 197 Å². The van der Waals surface area contributed by atoms with Crippen LogP contribution in [0.1, 0.15) is 34.6 Å². The molecule has 1 N–H and O–H groups in total. The van der Waals surface area contributed by atoms with Gasteiger partial charge in [0.25, 0.3) is 0 Å². The van der Waals surface area contributed by atoms with Gasteiger partial charge >= 0.3 is 5.97 Å². The van der Waals surface area contributed by atoms with Gasteiger partial charge in [-0.1, -0.05) is 36.4 Å². The van der Waals surface area contributed by atoms with Crippen LogP contribution >= 0.6 is 11.3 Å². The molecule has 0 atom stereocenters. The molecule has 0 saturated heterocycles. The van der Waals surface area contributed by atoms with Crippen molar-refractivity contribution in [2.24, 2.45) is 0 Å². The van der Waals surface area contributed by atoms with Crippen molar-refractivity contribution in [3.8, 4) is 22.6 Å². The molecule has 172 valence electrons. The number of nitrogens with one attached hydrogen (secondary N) is 1. The Hall–Kier alpha value is -3.58. The van der Waals surface area contributed by atoms with Gasteiger partial charge in [-0.3, -0.25) is 4.79 Å². The lowest BCUT2D eigenvalue weighted by Crippen LogP contribution is -2.12. The van der Waals surface area contributed by atoms with Crippen molar-refractivity contribution in [2.75, 3.05) is 25.6 Å². The van der Waals surface area contributed by atoms with Gasteiger partial charge in [-0.2, -0.15) is 0 Å². The van der Waals surface area contributed by atoms with Crippen LogP contribution in [-0.2, 0) is 9.53 Å². The number of amides is 1. The average Bonchev–Trinajstić information content (AvgIpc) is 3.14. The summed E-state index contributed by atoms with van der Waals surface area (Å²) in [6.07, 6.45) is 3.09. The highest BCUT2D eigenvalue weighted by molar-refractivity contribution is 7.17. The van der Waals surface area contributed by atoms with Crippen molar-refractivity contribution in [2.45, 2.75) is 20.8 Å². The summed E-state index contributed by atoms with van der Waals surface area (Å²) in [4.78, 5) is 26.4. The largest absolute Gasteiger partial charge is 0.493 e. The summed E-state index contributed by atoms with van der Waals surface area (Å²) < 4.78 is 16.2. The minimum absolute atomic E-state index is 0.245. The van der Waals surface area contributed by atoms with Crippen molar-refractivity contribution in [1.82, 2.24) is 0 Å². The summed E-state index contributed by atoms with van der Waals surface area (Å²) in [6, 6.07) is 15.0. The SMILES string of the molecule is CCOC(=O)c1c(NC(=O)/C=C/c2ccc(OCC)c(OC)c2)sc(C)c1-c1ccccc1. The van der Waals surface area contributed by atoms with Crippen LogP contribution in [0.4, 0.5) is 5.00 Å². The van der Waals surface area contributed by atoms with E-state index in [1.807, 2.05) is 50.2 Å². The number of thiophene rings is 1. The van der Waals surface area contributed by atoms with Crippen molar-refractivity contribution in [1.29, 1.82) is 0 Å². The average molecular weight is 466 g/mol. The van der Waals surface area contributed by atoms with E-state index in [1.54, 1.807) is 32.2 Å². The van der Waals surface area contributed by atoms with Gasteiger partial charge in [0, 0.05) is 16.5 Å². The van der Waals surface area contributed by atoms with Crippen molar-refractivity contribution in [3.63, 3.8) is 0 Å². The lowest BCUT2D eigenvalue weighted by molar-refractivity contribution is -0.111. The molecule has 0 spiro atoms. The number of hydrogen-bond acceptors (Lipinski definition) is 6. The van der Waals surface area contributed by atoms with Gasteiger partial charge in [-0.05, 0) is 50.1 Å². The number of benzene rings is 2. The smallest absolute Gasteiger partial charge is 0.341 e. The molecule has 7 heteroatoms. The van der Waals surface area contributed by atoms with Gasteiger partial charge < -0.3 is 19.5 Å². The Kier molecular flexibility index (Phi) is 8.27. The highest BCUT2D eigenvalue weighted by Gasteiger charge is 2.25. The van der Waals surface area contributed by atoms with Crippen LogP contribution in [0.15, 0.2) is 54.6 Å². The zero-order valence-electron chi connectivity index (χ0n) is 19.1. The Balaban J connectivity index is 1.87. The standard InChI is InChI=1S/C26H27NO5S/c1-5-31-20-14-12-18(16-21(20)30-4)13-15-22(28)27-25-24(26(29)32-6-2)23(17(3)33-25)19-10-8-7-9-11-19/h7-16H,5-6H2,1-4H3,(H,27,28)/b15-13+. The fourth-order valence-electron chi connectivity index (χ4n) is 3.37. The molecular formula is C26H27NO5S. The third kappa shape index (κ3) is 5.81. The second kappa shape index (κ2) is 11.3. The summed E-state index contributed by atoms with van der Waals surface area (Å²) >= 11 is 1.35. The Bertz CT molecular complexity index is 1150. The topological polar surface area (TPSA) is 73.9 Å².